The van der Waals surface area contributed by atoms with Crippen LogP contribution >= 0.6 is 23.2 Å². The number of aliphatic hydroxyl groups excluding tert-OH is 1. The molecule has 0 fully saturated rings. The average molecular weight is 326 g/mol. The van der Waals surface area contributed by atoms with Crippen molar-refractivity contribution < 1.29 is 13.5 Å². The highest BCUT2D eigenvalue weighted by Crippen LogP contribution is 2.23. The number of nitrogens with one attached hydrogen (secondary N) is 1. The molecule has 0 spiro atoms. The van der Waals surface area contributed by atoms with Gasteiger partial charge in [-0.15, -0.1) is 0 Å². The third-order valence-corrected chi connectivity index (χ3v) is 4.89. The van der Waals surface area contributed by atoms with Gasteiger partial charge in [-0.2, -0.15) is 0 Å². The van der Waals surface area contributed by atoms with Gasteiger partial charge in [-0.25, -0.2) is 13.1 Å². The Hall–Kier alpha value is -0.330. The molecule has 0 radical (unpaired) electrons. The number of rotatable bonds is 6. The highest BCUT2D eigenvalue weighted by Gasteiger charge is 2.23. The number of aliphatic hydroxyl groups is 1. The zero-order valence-corrected chi connectivity index (χ0v) is 13.1. The summed E-state index contributed by atoms with van der Waals surface area (Å²) in [6, 6.07) is 3.56. The van der Waals surface area contributed by atoms with Crippen molar-refractivity contribution in [3.8, 4) is 0 Å². The number of halogens is 2. The number of benzene rings is 1. The van der Waals surface area contributed by atoms with Crippen LogP contribution in [0.3, 0.4) is 0 Å². The Morgan fingerprint density at radius 3 is 2.21 bits per heavy atom. The van der Waals surface area contributed by atoms with Gasteiger partial charge in [-0.3, -0.25) is 0 Å². The van der Waals surface area contributed by atoms with Gasteiger partial charge in [0.25, 0.3) is 0 Å². The Morgan fingerprint density at radius 2 is 1.79 bits per heavy atom. The molecular formula is C12H17Cl2NO3S. The van der Waals surface area contributed by atoms with Crippen LogP contribution in [0, 0.1) is 5.92 Å². The molecule has 0 aliphatic rings. The lowest BCUT2D eigenvalue weighted by Crippen LogP contribution is -2.41. The van der Waals surface area contributed by atoms with E-state index < -0.39 is 16.1 Å². The van der Waals surface area contributed by atoms with Gasteiger partial charge in [0.2, 0.25) is 10.0 Å². The zero-order chi connectivity index (χ0) is 14.6. The van der Waals surface area contributed by atoms with E-state index in [9.17, 15) is 13.5 Å². The highest BCUT2D eigenvalue weighted by molar-refractivity contribution is 7.89. The molecule has 1 aromatic carbocycles. The molecule has 0 amide bonds. The second-order valence-corrected chi connectivity index (χ2v) is 6.99. The predicted octanol–water partition coefficient (Wildman–Crippen LogP) is 2.68. The molecule has 0 saturated heterocycles. The van der Waals surface area contributed by atoms with Crippen molar-refractivity contribution >= 4 is 33.2 Å². The van der Waals surface area contributed by atoms with E-state index >= 15 is 0 Å². The van der Waals surface area contributed by atoms with Crippen molar-refractivity contribution in [2.75, 3.05) is 6.61 Å². The molecule has 2 atom stereocenters. The molecule has 19 heavy (non-hydrogen) atoms. The van der Waals surface area contributed by atoms with Gasteiger partial charge in [0.15, 0.2) is 0 Å². The molecule has 0 heterocycles. The molecule has 0 aromatic heterocycles. The van der Waals surface area contributed by atoms with Crippen molar-refractivity contribution in [3.63, 3.8) is 0 Å². The summed E-state index contributed by atoms with van der Waals surface area (Å²) in [5.41, 5.74) is 0. The van der Waals surface area contributed by atoms with E-state index in [0.717, 1.165) is 6.42 Å². The van der Waals surface area contributed by atoms with Crippen molar-refractivity contribution in [2.45, 2.75) is 31.2 Å². The second-order valence-electron chi connectivity index (χ2n) is 4.40. The summed E-state index contributed by atoms with van der Waals surface area (Å²) in [5.74, 6) is 0.0226. The maximum Gasteiger partial charge on any atom is 0.241 e. The quantitative estimate of drug-likeness (QED) is 0.845. The van der Waals surface area contributed by atoms with Crippen LogP contribution in [0.5, 0.6) is 0 Å². The van der Waals surface area contributed by atoms with Gasteiger partial charge in [0.05, 0.1) is 11.5 Å². The van der Waals surface area contributed by atoms with Crippen molar-refractivity contribution in [2.24, 2.45) is 5.92 Å². The minimum atomic E-state index is -3.75. The molecule has 1 rings (SSSR count). The molecule has 0 aliphatic carbocycles. The van der Waals surface area contributed by atoms with E-state index in [0.29, 0.717) is 0 Å². The number of sulfonamides is 1. The summed E-state index contributed by atoms with van der Waals surface area (Å²) < 4.78 is 26.8. The minimum Gasteiger partial charge on any atom is -0.395 e. The molecule has 1 aromatic rings. The maximum atomic E-state index is 12.2. The first-order valence-electron chi connectivity index (χ1n) is 5.89. The summed E-state index contributed by atoms with van der Waals surface area (Å²) in [4.78, 5) is -0.00764. The molecule has 2 N–H and O–H groups in total. The molecule has 7 heteroatoms. The van der Waals surface area contributed by atoms with Gasteiger partial charge in [-0.1, -0.05) is 43.5 Å². The first-order valence-corrected chi connectivity index (χ1v) is 8.13. The van der Waals surface area contributed by atoms with E-state index in [1.807, 2.05) is 13.8 Å². The first-order chi connectivity index (χ1) is 8.80. The van der Waals surface area contributed by atoms with Gasteiger partial charge in [-0.05, 0) is 24.1 Å². The highest BCUT2D eigenvalue weighted by atomic mass is 35.5. The van der Waals surface area contributed by atoms with E-state index in [1.165, 1.54) is 18.2 Å². The standard InChI is InChI=1S/C12H17Cl2NO3S/c1-3-8(2)12(7-16)15-19(17,18)11-5-9(13)4-10(14)6-11/h4-6,8,12,15-16H,3,7H2,1-2H3/t8-,12?/m0/s1. The minimum absolute atomic E-state index is 0.00764. The van der Waals surface area contributed by atoms with E-state index in [2.05, 4.69) is 4.72 Å². The van der Waals surface area contributed by atoms with Crippen LogP contribution in [0.2, 0.25) is 10.0 Å². The van der Waals surface area contributed by atoms with Crippen LogP contribution in [0.1, 0.15) is 20.3 Å². The van der Waals surface area contributed by atoms with Gasteiger partial charge in [0, 0.05) is 16.1 Å². The lowest BCUT2D eigenvalue weighted by molar-refractivity contribution is 0.219. The Bertz CT molecular complexity index is 514. The van der Waals surface area contributed by atoms with Crippen LogP contribution in [0.4, 0.5) is 0 Å². The van der Waals surface area contributed by atoms with Crippen LogP contribution in [-0.2, 0) is 10.0 Å². The van der Waals surface area contributed by atoms with Crippen molar-refractivity contribution in [1.82, 2.24) is 4.72 Å². The lowest BCUT2D eigenvalue weighted by atomic mass is 10.0. The fourth-order valence-electron chi connectivity index (χ4n) is 1.57. The first kappa shape index (κ1) is 16.7. The molecule has 4 nitrogen and oxygen atoms in total. The molecular weight excluding hydrogens is 309 g/mol. The maximum absolute atomic E-state index is 12.2. The number of hydrogen-bond acceptors (Lipinski definition) is 3. The van der Waals surface area contributed by atoms with Crippen LogP contribution in [0.25, 0.3) is 0 Å². The molecule has 0 bridgehead atoms. The van der Waals surface area contributed by atoms with E-state index in [-0.39, 0.29) is 27.5 Å². The molecule has 1 unspecified atom stereocenters. The van der Waals surface area contributed by atoms with Gasteiger partial charge in [0.1, 0.15) is 0 Å². The molecule has 0 aliphatic heterocycles. The van der Waals surface area contributed by atoms with Crippen molar-refractivity contribution in [3.05, 3.63) is 28.2 Å². The third-order valence-electron chi connectivity index (χ3n) is 2.98. The monoisotopic (exact) mass is 325 g/mol. The largest absolute Gasteiger partial charge is 0.395 e. The summed E-state index contributed by atoms with van der Waals surface area (Å²) in [6.45, 7) is 3.54. The fraction of sp³-hybridized carbons (Fsp3) is 0.500. The predicted molar refractivity (Wildman–Crippen MR) is 77.1 cm³/mol. The second kappa shape index (κ2) is 6.90. The third kappa shape index (κ3) is 4.61. The summed E-state index contributed by atoms with van der Waals surface area (Å²) >= 11 is 11.6. The number of hydrogen-bond donors (Lipinski definition) is 2. The zero-order valence-electron chi connectivity index (χ0n) is 10.7. The van der Waals surface area contributed by atoms with Crippen molar-refractivity contribution in [1.29, 1.82) is 0 Å². The SMILES string of the molecule is CC[C@H](C)C(CO)NS(=O)(=O)c1cc(Cl)cc(Cl)c1. The normalized spacial score (nSPS) is 15.2. The Morgan fingerprint density at radius 1 is 1.26 bits per heavy atom. The smallest absolute Gasteiger partial charge is 0.241 e. The summed E-state index contributed by atoms with van der Waals surface area (Å²) in [5, 5.41) is 9.76. The Labute approximate surface area is 123 Å². The summed E-state index contributed by atoms with van der Waals surface area (Å²) in [7, 11) is -3.75. The van der Waals surface area contributed by atoms with E-state index in [1.54, 1.807) is 0 Å². The molecule has 0 saturated carbocycles. The molecule has 108 valence electrons. The Kier molecular flexibility index (Phi) is 6.08. The van der Waals surface area contributed by atoms with Gasteiger partial charge < -0.3 is 5.11 Å². The van der Waals surface area contributed by atoms with Gasteiger partial charge >= 0.3 is 0 Å². The fourth-order valence-corrected chi connectivity index (χ4v) is 3.63. The van der Waals surface area contributed by atoms with Crippen LogP contribution < -0.4 is 4.72 Å². The average Bonchev–Trinajstić information content (AvgIpc) is 2.34. The summed E-state index contributed by atoms with van der Waals surface area (Å²) in [6.07, 6.45) is 0.754. The Balaban J connectivity index is 3.03. The van der Waals surface area contributed by atoms with Crippen LogP contribution in [0.15, 0.2) is 23.1 Å². The van der Waals surface area contributed by atoms with Crippen LogP contribution in [-0.4, -0.2) is 26.2 Å². The lowest BCUT2D eigenvalue weighted by Gasteiger charge is -2.22. The topological polar surface area (TPSA) is 66.4 Å². The van der Waals surface area contributed by atoms with E-state index in [4.69, 9.17) is 23.2 Å².